The third kappa shape index (κ3) is 4.44. The predicted octanol–water partition coefficient (Wildman–Crippen LogP) is 2.91. The first kappa shape index (κ1) is 20.7. The number of aryl methyl sites for hydroxylation is 1. The van der Waals surface area contributed by atoms with E-state index in [9.17, 15) is 13.2 Å². The third-order valence-corrected chi connectivity index (χ3v) is 6.97. The lowest BCUT2D eigenvalue weighted by atomic mass is 10.1. The van der Waals surface area contributed by atoms with Gasteiger partial charge in [0.15, 0.2) is 9.84 Å². The SMILES string of the molecule is Cc1ccc(CN(C[C@@H]2CCCO2)C(=O)C2=C(c3ccccc3)S(=O)(=O)CCO2)o1. The number of hydrogen-bond donors (Lipinski definition) is 0. The van der Waals surface area contributed by atoms with Crippen molar-refractivity contribution < 1.29 is 27.1 Å². The molecule has 4 rings (SSSR count). The van der Waals surface area contributed by atoms with Crippen LogP contribution < -0.4 is 0 Å². The van der Waals surface area contributed by atoms with Gasteiger partial charge >= 0.3 is 0 Å². The summed E-state index contributed by atoms with van der Waals surface area (Å²) in [5.41, 5.74) is 0.450. The van der Waals surface area contributed by atoms with Crippen molar-refractivity contribution in [2.45, 2.75) is 32.4 Å². The quantitative estimate of drug-likeness (QED) is 0.699. The van der Waals surface area contributed by atoms with E-state index in [0.29, 0.717) is 24.5 Å². The fraction of sp³-hybridized carbons (Fsp3) is 0.409. The lowest BCUT2D eigenvalue weighted by Gasteiger charge is -2.28. The predicted molar refractivity (Wildman–Crippen MR) is 111 cm³/mol. The number of nitrogens with zero attached hydrogens (tertiary/aromatic N) is 1. The fourth-order valence-electron chi connectivity index (χ4n) is 3.78. The van der Waals surface area contributed by atoms with E-state index in [2.05, 4.69) is 0 Å². The minimum Gasteiger partial charge on any atom is -0.486 e. The number of rotatable bonds is 6. The largest absolute Gasteiger partial charge is 0.486 e. The highest BCUT2D eigenvalue weighted by Crippen LogP contribution is 2.31. The second-order valence-electron chi connectivity index (χ2n) is 7.52. The second-order valence-corrected chi connectivity index (χ2v) is 9.57. The van der Waals surface area contributed by atoms with Crippen molar-refractivity contribution in [1.29, 1.82) is 0 Å². The summed E-state index contributed by atoms with van der Waals surface area (Å²) in [6.45, 7) is 3.00. The van der Waals surface area contributed by atoms with Gasteiger partial charge < -0.3 is 18.8 Å². The molecular weight excluding hydrogens is 406 g/mol. The molecule has 0 unspecified atom stereocenters. The minimum absolute atomic E-state index is 0.0482. The van der Waals surface area contributed by atoms with Crippen molar-refractivity contribution in [3.05, 3.63) is 65.3 Å². The van der Waals surface area contributed by atoms with Gasteiger partial charge in [-0.1, -0.05) is 30.3 Å². The average Bonchev–Trinajstić information content (AvgIpc) is 3.38. The Hall–Kier alpha value is -2.58. The Morgan fingerprint density at radius 2 is 1.93 bits per heavy atom. The van der Waals surface area contributed by atoms with Crippen molar-refractivity contribution in [2.75, 3.05) is 25.5 Å². The first-order chi connectivity index (χ1) is 14.4. The number of ether oxygens (including phenoxy) is 2. The molecule has 1 fully saturated rings. The molecule has 1 atom stereocenters. The zero-order valence-electron chi connectivity index (χ0n) is 16.9. The van der Waals surface area contributed by atoms with Crippen LogP contribution in [0.5, 0.6) is 0 Å². The van der Waals surface area contributed by atoms with Crippen LogP contribution in [-0.2, 0) is 30.7 Å². The monoisotopic (exact) mass is 431 g/mol. The lowest BCUT2D eigenvalue weighted by Crippen LogP contribution is -2.40. The summed E-state index contributed by atoms with van der Waals surface area (Å²) in [6, 6.07) is 12.3. The molecule has 2 aliphatic heterocycles. The molecule has 0 spiro atoms. The number of carbonyl (C=O) groups is 1. The smallest absolute Gasteiger partial charge is 0.290 e. The van der Waals surface area contributed by atoms with E-state index in [1.54, 1.807) is 35.2 Å². The van der Waals surface area contributed by atoms with E-state index in [-0.39, 0.29) is 35.7 Å². The molecule has 0 bridgehead atoms. The van der Waals surface area contributed by atoms with Crippen LogP contribution in [0.25, 0.3) is 4.91 Å². The molecule has 2 aromatic rings. The summed E-state index contributed by atoms with van der Waals surface area (Å²) in [5.74, 6) is 0.613. The Morgan fingerprint density at radius 1 is 1.13 bits per heavy atom. The first-order valence-electron chi connectivity index (χ1n) is 10.1. The molecule has 7 nitrogen and oxygen atoms in total. The normalized spacial score (nSPS) is 20.8. The Balaban J connectivity index is 1.72. The zero-order valence-corrected chi connectivity index (χ0v) is 17.7. The van der Waals surface area contributed by atoms with E-state index >= 15 is 0 Å². The van der Waals surface area contributed by atoms with Gasteiger partial charge in [0.1, 0.15) is 23.0 Å². The lowest BCUT2D eigenvalue weighted by molar-refractivity contribution is -0.133. The molecule has 3 heterocycles. The van der Waals surface area contributed by atoms with Gasteiger partial charge in [0.2, 0.25) is 5.76 Å². The number of carbonyl (C=O) groups excluding carboxylic acids is 1. The summed E-state index contributed by atoms with van der Waals surface area (Å²) in [6.07, 6.45) is 1.70. The molecule has 2 aliphatic rings. The minimum atomic E-state index is -3.65. The standard InChI is InChI=1S/C22H25NO6S/c1-16-9-10-19(29-16)15-23(14-18-8-5-11-27-18)22(24)20-21(17-6-3-2-4-7-17)30(25,26)13-12-28-20/h2-4,6-7,9-10,18H,5,8,11-15H2,1H3/t18-/m0/s1. The van der Waals surface area contributed by atoms with Crippen LogP contribution in [0.2, 0.25) is 0 Å². The van der Waals surface area contributed by atoms with E-state index in [4.69, 9.17) is 13.9 Å². The summed E-state index contributed by atoms with van der Waals surface area (Å²) < 4.78 is 42.8. The van der Waals surface area contributed by atoms with Crippen LogP contribution in [0.4, 0.5) is 0 Å². The van der Waals surface area contributed by atoms with Crippen LogP contribution >= 0.6 is 0 Å². The van der Waals surface area contributed by atoms with Gasteiger partial charge in [0, 0.05) is 13.2 Å². The van der Waals surface area contributed by atoms with Crippen LogP contribution in [0.15, 0.2) is 52.6 Å². The molecule has 1 aromatic carbocycles. The van der Waals surface area contributed by atoms with Crippen LogP contribution in [0, 0.1) is 6.92 Å². The van der Waals surface area contributed by atoms with Crippen LogP contribution in [-0.4, -0.2) is 50.8 Å². The second kappa shape index (κ2) is 8.65. The molecule has 8 heteroatoms. The maximum absolute atomic E-state index is 13.6. The van der Waals surface area contributed by atoms with Crippen LogP contribution in [0.1, 0.15) is 29.9 Å². The number of sulfone groups is 1. The molecule has 0 radical (unpaired) electrons. The van der Waals surface area contributed by atoms with Gasteiger partial charge in [-0.15, -0.1) is 0 Å². The Labute approximate surface area is 176 Å². The zero-order chi connectivity index (χ0) is 21.1. The molecule has 160 valence electrons. The fourth-order valence-corrected chi connectivity index (χ4v) is 5.21. The number of hydrogen-bond acceptors (Lipinski definition) is 6. The maximum atomic E-state index is 13.6. The van der Waals surface area contributed by atoms with Gasteiger partial charge in [-0.2, -0.15) is 0 Å². The van der Waals surface area contributed by atoms with E-state index in [0.717, 1.165) is 18.6 Å². The van der Waals surface area contributed by atoms with Crippen LogP contribution in [0.3, 0.4) is 0 Å². The van der Waals surface area contributed by atoms with Gasteiger partial charge in [-0.3, -0.25) is 4.79 Å². The Morgan fingerprint density at radius 3 is 2.60 bits per heavy atom. The Kier molecular flexibility index (Phi) is 5.97. The van der Waals surface area contributed by atoms with Crippen molar-refractivity contribution >= 4 is 20.6 Å². The highest BCUT2D eigenvalue weighted by molar-refractivity contribution is 8.00. The highest BCUT2D eigenvalue weighted by atomic mass is 32.2. The maximum Gasteiger partial charge on any atom is 0.290 e. The molecule has 30 heavy (non-hydrogen) atoms. The van der Waals surface area contributed by atoms with E-state index < -0.39 is 15.7 Å². The van der Waals surface area contributed by atoms with Crippen molar-refractivity contribution in [1.82, 2.24) is 4.90 Å². The summed E-state index contributed by atoms with van der Waals surface area (Å²) in [4.78, 5) is 15.1. The molecule has 0 N–H and O–H groups in total. The average molecular weight is 432 g/mol. The molecule has 1 saturated heterocycles. The van der Waals surface area contributed by atoms with Gasteiger partial charge in [-0.05, 0) is 37.5 Å². The molecule has 1 aromatic heterocycles. The van der Waals surface area contributed by atoms with Gasteiger partial charge in [0.05, 0.1) is 18.4 Å². The van der Waals surface area contributed by atoms with E-state index in [1.807, 2.05) is 19.1 Å². The molecular formula is C22H25NO6S. The van der Waals surface area contributed by atoms with Crippen molar-refractivity contribution in [2.24, 2.45) is 0 Å². The van der Waals surface area contributed by atoms with Crippen molar-refractivity contribution in [3.63, 3.8) is 0 Å². The summed E-state index contributed by atoms with van der Waals surface area (Å²) in [7, 11) is -3.65. The third-order valence-electron chi connectivity index (χ3n) is 5.22. The topological polar surface area (TPSA) is 86.0 Å². The number of amides is 1. The summed E-state index contributed by atoms with van der Waals surface area (Å²) in [5, 5.41) is 0. The molecule has 0 aliphatic carbocycles. The van der Waals surface area contributed by atoms with Crippen molar-refractivity contribution in [3.8, 4) is 0 Å². The van der Waals surface area contributed by atoms with Gasteiger partial charge in [-0.25, -0.2) is 8.42 Å². The number of furan rings is 1. The summed E-state index contributed by atoms with van der Waals surface area (Å²) >= 11 is 0. The molecule has 0 saturated carbocycles. The highest BCUT2D eigenvalue weighted by Gasteiger charge is 2.36. The van der Waals surface area contributed by atoms with E-state index in [1.165, 1.54) is 0 Å². The molecule has 1 amide bonds. The van der Waals surface area contributed by atoms with Gasteiger partial charge in [0.25, 0.3) is 5.91 Å². The Bertz CT molecular complexity index is 1030. The number of benzene rings is 1. The first-order valence-corrected chi connectivity index (χ1v) is 11.7.